The summed E-state index contributed by atoms with van der Waals surface area (Å²) in [7, 11) is 1.54. The summed E-state index contributed by atoms with van der Waals surface area (Å²) in [6, 6.07) is 3.17. The third-order valence-corrected chi connectivity index (χ3v) is 2.27. The van der Waals surface area contributed by atoms with Gasteiger partial charge in [0, 0.05) is 19.2 Å². The van der Waals surface area contributed by atoms with Crippen LogP contribution in [-0.2, 0) is 15.9 Å². The van der Waals surface area contributed by atoms with Crippen LogP contribution in [0.25, 0.3) is 0 Å². The minimum atomic E-state index is -0.668. The zero-order valence-electron chi connectivity index (χ0n) is 10.3. The number of nitrogens with zero attached hydrogens (tertiary/aromatic N) is 1. The molecule has 0 aromatic carbocycles. The molecular weight excluding hydrogens is 236 g/mol. The van der Waals surface area contributed by atoms with E-state index in [1.165, 1.54) is 13.2 Å². The predicted octanol–water partition coefficient (Wildman–Crippen LogP) is 0.612. The van der Waals surface area contributed by atoms with Crippen LogP contribution in [0.15, 0.2) is 10.9 Å². The molecule has 18 heavy (non-hydrogen) atoms. The third-order valence-electron chi connectivity index (χ3n) is 2.27. The van der Waals surface area contributed by atoms with E-state index in [0.717, 1.165) is 0 Å². The molecule has 0 bridgehead atoms. The average molecular weight is 250 g/mol. The van der Waals surface area contributed by atoms with E-state index >= 15 is 0 Å². The summed E-state index contributed by atoms with van der Waals surface area (Å²) < 4.78 is 9.70. The monoisotopic (exact) mass is 250 g/mol. The molecule has 0 aliphatic heterocycles. The van der Waals surface area contributed by atoms with Crippen molar-refractivity contribution in [3.63, 3.8) is 0 Å². The quantitative estimate of drug-likeness (QED) is 0.773. The number of aromatic amines is 1. The van der Waals surface area contributed by atoms with Gasteiger partial charge in [0.25, 0.3) is 5.56 Å². The smallest absolute Gasteiger partial charge is 0.339 e. The standard InChI is InChI=1S/C12H14N2O4/c1-3-18-12(16)9-6-8(4-5-17-2)14-11(15)10(9)7-13/h6H,3-5H2,1-2H3,(H,14,15). The Morgan fingerprint density at radius 3 is 2.83 bits per heavy atom. The lowest BCUT2D eigenvalue weighted by atomic mass is 10.1. The lowest BCUT2D eigenvalue weighted by Gasteiger charge is -2.06. The molecule has 0 saturated heterocycles. The SMILES string of the molecule is CCOC(=O)c1cc(CCOC)[nH]c(=O)c1C#N. The van der Waals surface area contributed by atoms with E-state index in [1.54, 1.807) is 13.0 Å². The number of carbonyl (C=O) groups is 1. The number of methoxy groups -OCH3 is 1. The summed E-state index contributed by atoms with van der Waals surface area (Å²) in [6.07, 6.45) is 0.448. The van der Waals surface area contributed by atoms with Gasteiger partial charge in [-0.2, -0.15) is 5.26 Å². The van der Waals surface area contributed by atoms with Crippen molar-refractivity contribution >= 4 is 5.97 Å². The fraction of sp³-hybridized carbons (Fsp3) is 0.417. The van der Waals surface area contributed by atoms with Crippen LogP contribution in [0, 0.1) is 11.3 Å². The Morgan fingerprint density at radius 1 is 1.56 bits per heavy atom. The number of ether oxygens (including phenoxy) is 2. The Balaban J connectivity index is 3.20. The molecule has 0 spiro atoms. The van der Waals surface area contributed by atoms with E-state index in [9.17, 15) is 9.59 Å². The van der Waals surface area contributed by atoms with Crippen LogP contribution in [0.1, 0.15) is 28.5 Å². The molecule has 1 N–H and O–H groups in total. The Bertz CT molecular complexity index is 528. The first-order valence-corrected chi connectivity index (χ1v) is 5.46. The second-order valence-electron chi connectivity index (χ2n) is 3.49. The minimum Gasteiger partial charge on any atom is -0.462 e. The molecule has 96 valence electrons. The van der Waals surface area contributed by atoms with Gasteiger partial charge in [0.1, 0.15) is 11.6 Å². The maximum absolute atomic E-state index is 11.6. The molecule has 0 amide bonds. The Morgan fingerprint density at radius 2 is 2.28 bits per heavy atom. The number of pyridine rings is 1. The minimum absolute atomic E-state index is 0.00537. The third kappa shape index (κ3) is 3.18. The van der Waals surface area contributed by atoms with Gasteiger partial charge in [-0.25, -0.2) is 4.79 Å². The summed E-state index contributed by atoms with van der Waals surface area (Å²) in [5, 5.41) is 8.88. The van der Waals surface area contributed by atoms with E-state index < -0.39 is 11.5 Å². The Labute approximate surface area is 104 Å². The van der Waals surface area contributed by atoms with Crippen LogP contribution in [0.4, 0.5) is 0 Å². The average Bonchev–Trinajstić information content (AvgIpc) is 2.35. The number of nitriles is 1. The normalized spacial score (nSPS) is 9.83. The van der Waals surface area contributed by atoms with Gasteiger partial charge in [-0.1, -0.05) is 0 Å². The summed E-state index contributed by atoms with van der Waals surface area (Å²) in [5.74, 6) is -0.668. The summed E-state index contributed by atoms with van der Waals surface area (Å²) in [5.41, 5.74) is -0.290. The van der Waals surface area contributed by atoms with Crippen molar-refractivity contribution in [1.29, 1.82) is 5.26 Å². The van der Waals surface area contributed by atoms with E-state index in [0.29, 0.717) is 18.7 Å². The molecule has 0 aliphatic rings. The molecule has 0 unspecified atom stereocenters. The molecule has 1 aromatic heterocycles. The van der Waals surface area contributed by atoms with Gasteiger partial charge in [0.05, 0.1) is 18.8 Å². The first kappa shape index (κ1) is 13.9. The number of rotatable bonds is 5. The van der Waals surface area contributed by atoms with Gasteiger partial charge in [-0.15, -0.1) is 0 Å². The van der Waals surface area contributed by atoms with Crippen LogP contribution in [0.3, 0.4) is 0 Å². The van der Waals surface area contributed by atoms with Gasteiger partial charge >= 0.3 is 5.97 Å². The van der Waals surface area contributed by atoms with Crippen LogP contribution in [-0.4, -0.2) is 31.3 Å². The number of aromatic nitrogens is 1. The molecule has 0 saturated carbocycles. The first-order valence-electron chi connectivity index (χ1n) is 5.46. The van der Waals surface area contributed by atoms with Gasteiger partial charge < -0.3 is 14.5 Å². The highest BCUT2D eigenvalue weighted by atomic mass is 16.5. The molecular formula is C12H14N2O4. The molecule has 0 atom stereocenters. The first-order chi connectivity index (χ1) is 8.63. The van der Waals surface area contributed by atoms with Crippen LogP contribution < -0.4 is 5.56 Å². The van der Waals surface area contributed by atoms with Gasteiger partial charge in [0.2, 0.25) is 0 Å². The number of hydrogen-bond donors (Lipinski definition) is 1. The van der Waals surface area contributed by atoms with Gasteiger partial charge in [-0.3, -0.25) is 4.79 Å². The summed E-state index contributed by atoms with van der Waals surface area (Å²) in [6.45, 7) is 2.25. The zero-order valence-corrected chi connectivity index (χ0v) is 10.3. The van der Waals surface area contributed by atoms with E-state index in [-0.39, 0.29) is 17.7 Å². The van der Waals surface area contributed by atoms with Crippen LogP contribution >= 0.6 is 0 Å². The summed E-state index contributed by atoms with van der Waals surface area (Å²) in [4.78, 5) is 25.8. The summed E-state index contributed by atoms with van der Waals surface area (Å²) >= 11 is 0. The molecule has 6 heteroatoms. The molecule has 0 radical (unpaired) electrons. The second kappa shape index (κ2) is 6.57. The van der Waals surface area contributed by atoms with Crippen molar-refractivity contribution in [2.75, 3.05) is 20.3 Å². The fourth-order valence-electron chi connectivity index (χ4n) is 1.44. The van der Waals surface area contributed by atoms with E-state index in [2.05, 4.69) is 4.98 Å². The van der Waals surface area contributed by atoms with Crippen molar-refractivity contribution < 1.29 is 14.3 Å². The number of nitrogens with one attached hydrogen (secondary N) is 1. The molecule has 1 heterocycles. The van der Waals surface area contributed by atoms with Crippen molar-refractivity contribution in [2.24, 2.45) is 0 Å². The highest BCUT2D eigenvalue weighted by Gasteiger charge is 2.17. The molecule has 6 nitrogen and oxygen atoms in total. The van der Waals surface area contributed by atoms with Crippen molar-refractivity contribution in [2.45, 2.75) is 13.3 Å². The second-order valence-corrected chi connectivity index (χ2v) is 3.49. The lowest BCUT2D eigenvalue weighted by Crippen LogP contribution is -2.20. The highest BCUT2D eigenvalue weighted by Crippen LogP contribution is 2.08. The van der Waals surface area contributed by atoms with Crippen molar-refractivity contribution in [1.82, 2.24) is 4.98 Å². The van der Waals surface area contributed by atoms with Crippen LogP contribution in [0.2, 0.25) is 0 Å². The maximum Gasteiger partial charge on any atom is 0.339 e. The van der Waals surface area contributed by atoms with Crippen LogP contribution in [0.5, 0.6) is 0 Å². The number of carbonyl (C=O) groups excluding carboxylic acids is 1. The zero-order chi connectivity index (χ0) is 13.5. The fourth-order valence-corrected chi connectivity index (χ4v) is 1.44. The number of esters is 1. The van der Waals surface area contributed by atoms with Crippen molar-refractivity contribution in [3.05, 3.63) is 33.2 Å². The number of H-pyrrole nitrogens is 1. The lowest BCUT2D eigenvalue weighted by molar-refractivity contribution is 0.0525. The topological polar surface area (TPSA) is 92.2 Å². The van der Waals surface area contributed by atoms with E-state index in [1.807, 2.05) is 0 Å². The molecule has 0 aliphatic carbocycles. The van der Waals surface area contributed by atoms with E-state index in [4.69, 9.17) is 14.7 Å². The maximum atomic E-state index is 11.6. The number of hydrogen-bond acceptors (Lipinski definition) is 5. The van der Waals surface area contributed by atoms with Gasteiger partial charge in [0.15, 0.2) is 0 Å². The van der Waals surface area contributed by atoms with Gasteiger partial charge in [-0.05, 0) is 13.0 Å². The Hall–Kier alpha value is -2.13. The highest BCUT2D eigenvalue weighted by molar-refractivity contribution is 5.92. The molecule has 1 aromatic rings. The van der Waals surface area contributed by atoms with Crippen molar-refractivity contribution in [3.8, 4) is 6.07 Å². The molecule has 0 fully saturated rings. The largest absolute Gasteiger partial charge is 0.462 e. The molecule has 1 rings (SSSR count). The Kier molecular flexibility index (Phi) is 5.08. The predicted molar refractivity (Wildman–Crippen MR) is 63.3 cm³/mol.